The van der Waals surface area contributed by atoms with Gasteiger partial charge in [-0.25, -0.2) is 4.99 Å². The highest BCUT2D eigenvalue weighted by Gasteiger charge is 2.15. The Morgan fingerprint density at radius 3 is 2.22 bits per heavy atom. The quantitative estimate of drug-likeness (QED) is 0.781. The highest BCUT2D eigenvalue weighted by atomic mass is 19.4. The number of anilines is 1. The van der Waals surface area contributed by atoms with Crippen LogP contribution in [0.2, 0.25) is 0 Å². The predicted molar refractivity (Wildman–Crippen MR) is 102 cm³/mol. The molecule has 4 nitrogen and oxygen atoms in total. The lowest BCUT2D eigenvalue weighted by Crippen LogP contribution is -2.10. The third kappa shape index (κ3) is 8.02. The number of hydrogen-bond acceptors (Lipinski definition) is 4. The molecule has 0 radical (unpaired) electrons. The van der Waals surface area contributed by atoms with E-state index in [-0.39, 0.29) is 6.04 Å². The van der Waals surface area contributed by atoms with Crippen molar-refractivity contribution in [2.24, 2.45) is 10.7 Å². The van der Waals surface area contributed by atoms with Gasteiger partial charge in [0.25, 0.3) is 6.02 Å². The molecule has 3 N–H and O–H groups in total. The van der Waals surface area contributed by atoms with Crippen molar-refractivity contribution in [2.45, 2.75) is 39.0 Å². The number of nitrogens with two attached hydrogens (primary N) is 1. The van der Waals surface area contributed by atoms with Crippen molar-refractivity contribution >= 4 is 11.7 Å². The van der Waals surface area contributed by atoms with Gasteiger partial charge in [0.1, 0.15) is 6.61 Å². The Kier molecular flexibility index (Phi) is 7.98. The molecular weight excluding hydrogens is 355 g/mol. The van der Waals surface area contributed by atoms with Crippen molar-refractivity contribution in [3.05, 3.63) is 65.2 Å². The van der Waals surface area contributed by atoms with E-state index < -0.39 is 6.68 Å². The fourth-order valence-electron chi connectivity index (χ4n) is 2.62. The fourth-order valence-corrected chi connectivity index (χ4v) is 2.62. The summed E-state index contributed by atoms with van der Waals surface area (Å²) in [5.74, 6) is 0. The van der Waals surface area contributed by atoms with Gasteiger partial charge in [0, 0.05) is 12.2 Å². The molecule has 0 amide bonds. The summed E-state index contributed by atoms with van der Waals surface area (Å²) in [5, 5.41) is 3.45. The highest BCUT2D eigenvalue weighted by molar-refractivity contribution is 5.73. The van der Waals surface area contributed by atoms with Crippen LogP contribution in [0.4, 0.5) is 18.9 Å². The fraction of sp³-hybridized carbons (Fsp3) is 0.350. The van der Waals surface area contributed by atoms with Gasteiger partial charge in [-0.15, -0.1) is 0 Å². The SMILES string of the molecule is Cc1ccc(CNc2ccc(CCC3COC(N)=N3)cc2)cc1.FC(F)F. The zero-order valence-corrected chi connectivity index (χ0v) is 15.2. The van der Waals surface area contributed by atoms with E-state index in [2.05, 4.69) is 65.8 Å². The third-order valence-electron chi connectivity index (χ3n) is 4.07. The molecule has 0 saturated heterocycles. The largest absolute Gasteiger partial charge is 0.463 e. The van der Waals surface area contributed by atoms with E-state index in [9.17, 15) is 13.2 Å². The van der Waals surface area contributed by atoms with Gasteiger partial charge in [0.05, 0.1) is 6.04 Å². The van der Waals surface area contributed by atoms with Gasteiger partial charge in [-0.2, -0.15) is 13.2 Å². The molecule has 1 heterocycles. The smallest absolute Gasteiger partial charge is 0.379 e. The van der Waals surface area contributed by atoms with Crippen LogP contribution in [0.15, 0.2) is 53.5 Å². The number of rotatable bonds is 6. The average molecular weight is 379 g/mol. The van der Waals surface area contributed by atoms with Crippen molar-refractivity contribution in [3.63, 3.8) is 0 Å². The molecule has 1 unspecified atom stereocenters. The van der Waals surface area contributed by atoms with E-state index in [1.165, 1.54) is 16.7 Å². The van der Waals surface area contributed by atoms with Crippen molar-refractivity contribution in [1.29, 1.82) is 0 Å². The number of hydrogen-bond donors (Lipinski definition) is 2. The maximum atomic E-state index is 9.67. The molecular formula is C20H24F3N3O. The predicted octanol–water partition coefficient (Wildman–Crippen LogP) is 4.43. The van der Waals surface area contributed by atoms with E-state index >= 15 is 0 Å². The Hall–Kier alpha value is -2.70. The second-order valence-electron chi connectivity index (χ2n) is 6.25. The summed E-state index contributed by atoms with van der Waals surface area (Å²) < 4.78 is 34.2. The molecule has 2 aromatic carbocycles. The standard InChI is InChI=1S/C19H23N3O.CHF3/c1-14-2-4-16(5-3-14)12-21-17-9-6-15(7-10-17)8-11-18-13-23-19(20)22-18;2-1(3)4/h2-7,9-10,18,21H,8,11-13H2,1H3,(H2,20,22);1H. The van der Waals surface area contributed by atoms with E-state index in [1.807, 2.05) is 0 Å². The Bertz CT molecular complexity index is 716. The van der Waals surface area contributed by atoms with Gasteiger partial charge in [0.2, 0.25) is 0 Å². The van der Waals surface area contributed by atoms with Crippen LogP contribution >= 0.6 is 0 Å². The van der Waals surface area contributed by atoms with Gasteiger partial charge >= 0.3 is 6.68 Å². The number of nitrogens with zero attached hydrogens (tertiary/aromatic N) is 1. The minimum Gasteiger partial charge on any atom is -0.463 e. The zero-order chi connectivity index (χ0) is 19.6. The number of benzene rings is 2. The molecule has 1 atom stereocenters. The average Bonchev–Trinajstić information content (AvgIpc) is 3.05. The van der Waals surface area contributed by atoms with Gasteiger partial charge in [0.15, 0.2) is 0 Å². The Labute approximate surface area is 157 Å². The van der Waals surface area contributed by atoms with Crippen LogP contribution in [0.5, 0.6) is 0 Å². The molecule has 0 aliphatic carbocycles. The molecule has 27 heavy (non-hydrogen) atoms. The number of alkyl halides is 3. The second-order valence-corrected chi connectivity index (χ2v) is 6.25. The van der Waals surface area contributed by atoms with Crippen LogP contribution in [0.1, 0.15) is 23.1 Å². The normalized spacial score (nSPS) is 15.6. The van der Waals surface area contributed by atoms with Gasteiger partial charge in [-0.3, -0.25) is 0 Å². The van der Waals surface area contributed by atoms with Crippen molar-refractivity contribution in [3.8, 4) is 0 Å². The first kappa shape index (κ1) is 20.6. The molecule has 1 aliphatic heterocycles. The second kappa shape index (κ2) is 10.4. The monoisotopic (exact) mass is 379 g/mol. The van der Waals surface area contributed by atoms with E-state index in [0.29, 0.717) is 12.6 Å². The minimum atomic E-state index is -3.67. The summed E-state index contributed by atoms with van der Waals surface area (Å²) in [5.41, 5.74) is 10.6. The van der Waals surface area contributed by atoms with Crippen LogP contribution < -0.4 is 11.1 Å². The number of nitrogens with one attached hydrogen (secondary N) is 1. The summed E-state index contributed by atoms with van der Waals surface area (Å²) >= 11 is 0. The first-order valence-electron chi connectivity index (χ1n) is 8.69. The Balaban J connectivity index is 0.000000596. The summed E-state index contributed by atoms with van der Waals surface area (Å²) in [6.07, 6.45) is 1.96. The maximum Gasteiger partial charge on any atom is 0.379 e. The van der Waals surface area contributed by atoms with Crippen molar-refractivity contribution < 1.29 is 17.9 Å². The number of amidine groups is 1. The number of halogens is 3. The first-order chi connectivity index (χ1) is 12.9. The molecule has 0 spiro atoms. The highest BCUT2D eigenvalue weighted by Crippen LogP contribution is 2.15. The summed E-state index contributed by atoms with van der Waals surface area (Å²) in [6.45, 7) is -0.109. The van der Waals surface area contributed by atoms with Crippen LogP contribution in [-0.2, 0) is 17.7 Å². The summed E-state index contributed by atoms with van der Waals surface area (Å²) in [6, 6.07) is 17.7. The summed E-state index contributed by atoms with van der Waals surface area (Å²) in [7, 11) is 0. The molecule has 0 fully saturated rings. The zero-order valence-electron chi connectivity index (χ0n) is 15.2. The topological polar surface area (TPSA) is 59.6 Å². The van der Waals surface area contributed by atoms with Crippen molar-refractivity contribution in [1.82, 2.24) is 0 Å². The van der Waals surface area contributed by atoms with Crippen LogP contribution in [0.3, 0.4) is 0 Å². The number of aryl methyl sites for hydroxylation is 2. The molecule has 2 aromatic rings. The third-order valence-corrected chi connectivity index (χ3v) is 4.07. The first-order valence-corrected chi connectivity index (χ1v) is 8.69. The van der Waals surface area contributed by atoms with Crippen LogP contribution in [-0.4, -0.2) is 25.3 Å². The lowest BCUT2D eigenvalue weighted by atomic mass is 10.1. The van der Waals surface area contributed by atoms with Gasteiger partial charge in [-0.05, 0) is 43.0 Å². The van der Waals surface area contributed by atoms with Crippen molar-refractivity contribution in [2.75, 3.05) is 11.9 Å². The van der Waals surface area contributed by atoms with E-state index in [4.69, 9.17) is 10.5 Å². The Morgan fingerprint density at radius 1 is 1.07 bits per heavy atom. The molecule has 0 aromatic heterocycles. The minimum absolute atomic E-state index is 0.203. The van der Waals surface area contributed by atoms with Crippen LogP contribution in [0, 0.1) is 6.92 Å². The molecule has 146 valence electrons. The van der Waals surface area contributed by atoms with Crippen LogP contribution in [0.25, 0.3) is 0 Å². The van der Waals surface area contributed by atoms with E-state index in [1.54, 1.807) is 0 Å². The lowest BCUT2D eigenvalue weighted by Gasteiger charge is -2.09. The molecule has 7 heteroatoms. The molecule has 3 rings (SSSR count). The summed E-state index contributed by atoms with van der Waals surface area (Å²) in [4.78, 5) is 4.25. The van der Waals surface area contributed by atoms with E-state index in [0.717, 1.165) is 25.1 Å². The molecule has 0 saturated carbocycles. The van der Waals surface area contributed by atoms with Gasteiger partial charge < -0.3 is 15.8 Å². The molecule has 0 bridgehead atoms. The lowest BCUT2D eigenvalue weighted by molar-refractivity contribution is 0.00819. The molecule has 1 aliphatic rings. The van der Waals surface area contributed by atoms with Gasteiger partial charge in [-0.1, -0.05) is 42.0 Å². The number of aliphatic imine (C=N–C) groups is 1. The maximum absolute atomic E-state index is 9.67. The Morgan fingerprint density at radius 2 is 1.67 bits per heavy atom. The number of ether oxygens (including phenoxy) is 1.